The zero-order chi connectivity index (χ0) is 20.1. The van der Waals surface area contributed by atoms with Crippen LogP contribution in [0.15, 0.2) is 48.5 Å². The van der Waals surface area contributed by atoms with Crippen molar-refractivity contribution in [3.63, 3.8) is 0 Å². The molecule has 3 N–H and O–H groups in total. The van der Waals surface area contributed by atoms with E-state index >= 15 is 0 Å². The second kappa shape index (κ2) is 8.41. The number of rotatable bonds is 7. The largest absolute Gasteiger partial charge is 0.479 e. The molecule has 2 rings (SSSR count). The first-order valence-corrected chi connectivity index (χ1v) is 7.91. The van der Waals surface area contributed by atoms with E-state index in [1.165, 1.54) is 19.1 Å². The Balaban J connectivity index is 2.20. The van der Waals surface area contributed by atoms with Gasteiger partial charge in [-0.2, -0.15) is 0 Å². The second-order valence-corrected chi connectivity index (χ2v) is 5.81. The van der Waals surface area contributed by atoms with Crippen LogP contribution in [0.25, 0.3) is 11.1 Å². The molecule has 0 aromatic heterocycles. The fourth-order valence-electron chi connectivity index (χ4n) is 2.40. The minimum atomic E-state index is -2.42. The first-order chi connectivity index (χ1) is 12.7. The maximum absolute atomic E-state index is 14.4. The Morgan fingerprint density at radius 1 is 1.00 bits per heavy atom. The number of halogens is 1. The molecule has 3 unspecified atom stereocenters. The van der Waals surface area contributed by atoms with Crippen molar-refractivity contribution >= 4 is 17.9 Å². The summed E-state index contributed by atoms with van der Waals surface area (Å²) in [6, 6.07) is 12.8. The molecule has 2 aromatic rings. The number of carboxylic acids is 2. The number of benzene rings is 2. The van der Waals surface area contributed by atoms with Gasteiger partial charge in [-0.1, -0.05) is 42.5 Å². The normalized spacial score (nSPS) is 14.0. The minimum Gasteiger partial charge on any atom is -0.479 e. The second-order valence-electron chi connectivity index (χ2n) is 5.81. The molecule has 0 amide bonds. The smallest absolute Gasteiger partial charge is 0.348 e. The number of aliphatic hydroxyl groups excluding tert-OH is 1. The van der Waals surface area contributed by atoms with E-state index in [0.29, 0.717) is 11.1 Å². The highest BCUT2D eigenvalue weighted by molar-refractivity contribution is 5.87. The lowest BCUT2D eigenvalue weighted by Gasteiger charge is -2.19. The molecule has 0 aliphatic carbocycles. The lowest BCUT2D eigenvalue weighted by Crippen LogP contribution is -2.43. The monoisotopic (exact) mass is 376 g/mol. The molecule has 0 heterocycles. The lowest BCUT2D eigenvalue weighted by atomic mass is 9.97. The van der Waals surface area contributed by atoms with Gasteiger partial charge in [-0.05, 0) is 24.1 Å². The van der Waals surface area contributed by atoms with Crippen LogP contribution >= 0.6 is 0 Å². The van der Waals surface area contributed by atoms with Crippen molar-refractivity contribution in [2.24, 2.45) is 0 Å². The number of carbonyl (C=O) groups is 3. The Bertz CT molecular complexity index is 850. The average Bonchev–Trinajstić information content (AvgIpc) is 2.65. The van der Waals surface area contributed by atoms with Crippen LogP contribution in [-0.4, -0.2) is 45.4 Å². The van der Waals surface area contributed by atoms with Crippen molar-refractivity contribution in [2.75, 3.05) is 0 Å². The van der Waals surface area contributed by atoms with Crippen molar-refractivity contribution < 1.29 is 38.8 Å². The fraction of sp³-hybridized carbons (Fsp3) is 0.211. The van der Waals surface area contributed by atoms with Crippen LogP contribution in [0.5, 0.6) is 0 Å². The number of esters is 1. The third-order valence-electron chi connectivity index (χ3n) is 3.96. The summed E-state index contributed by atoms with van der Waals surface area (Å²) < 4.78 is 19.0. The van der Waals surface area contributed by atoms with Crippen molar-refractivity contribution in [3.05, 3.63) is 59.9 Å². The predicted molar refractivity (Wildman–Crippen MR) is 91.4 cm³/mol. The number of ether oxygens (including phenoxy) is 1. The summed E-state index contributed by atoms with van der Waals surface area (Å²) in [6.45, 7) is 1.35. The zero-order valence-corrected chi connectivity index (χ0v) is 14.2. The highest BCUT2D eigenvalue weighted by atomic mass is 19.1. The van der Waals surface area contributed by atoms with Gasteiger partial charge in [-0.3, -0.25) is 4.79 Å². The van der Waals surface area contributed by atoms with Gasteiger partial charge in [0.05, 0.1) is 5.92 Å². The van der Waals surface area contributed by atoms with E-state index in [0.717, 1.165) is 6.07 Å². The first kappa shape index (κ1) is 20.1. The maximum atomic E-state index is 14.4. The van der Waals surface area contributed by atoms with Gasteiger partial charge in [-0.25, -0.2) is 14.0 Å². The van der Waals surface area contributed by atoms with Crippen molar-refractivity contribution in [2.45, 2.75) is 25.0 Å². The van der Waals surface area contributed by atoms with E-state index in [9.17, 15) is 23.9 Å². The van der Waals surface area contributed by atoms with Crippen LogP contribution in [-0.2, 0) is 19.1 Å². The SMILES string of the molecule is CC(C(=O)OC(C(=O)O)C(O)C(=O)O)c1ccc(-c2ccccc2)c(F)c1. The van der Waals surface area contributed by atoms with Gasteiger partial charge < -0.3 is 20.1 Å². The first-order valence-electron chi connectivity index (χ1n) is 7.91. The summed E-state index contributed by atoms with van der Waals surface area (Å²) >= 11 is 0. The lowest BCUT2D eigenvalue weighted by molar-refractivity contribution is -0.179. The van der Waals surface area contributed by atoms with E-state index in [2.05, 4.69) is 4.74 Å². The molecule has 0 fully saturated rings. The van der Waals surface area contributed by atoms with Gasteiger partial charge in [0.1, 0.15) is 5.82 Å². The van der Waals surface area contributed by atoms with Crippen molar-refractivity contribution in [3.8, 4) is 11.1 Å². The highest BCUT2D eigenvalue weighted by Crippen LogP contribution is 2.27. The maximum Gasteiger partial charge on any atom is 0.348 e. The zero-order valence-electron chi connectivity index (χ0n) is 14.2. The molecular weight excluding hydrogens is 359 g/mol. The Labute approximate surface area is 153 Å². The van der Waals surface area contributed by atoms with Gasteiger partial charge in [-0.15, -0.1) is 0 Å². The Hall–Kier alpha value is -3.26. The third kappa shape index (κ3) is 4.68. The number of aliphatic hydroxyl groups is 1. The number of carbonyl (C=O) groups excluding carboxylic acids is 1. The van der Waals surface area contributed by atoms with Crippen LogP contribution in [0, 0.1) is 5.82 Å². The van der Waals surface area contributed by atoms with Crippen LogP contribution < -0.4 is 0 Å². The summed E-state index contributed by atoms with van der Waals surface area (Å²) in [4.78, 5) is 33.9. The molecule has 2 aromatic carbocycles. The van der Waals surface area contributed by atoms with Crippen LogP contribution in [0.3, 0.4) is 0 Å². The molecule has 0 bridgehead atoms. The van der Waals surface area contributed by atoms with E-state index in [4.69, 9.17) is 10.2 Å². The number of hydrogen-bond donors (Lipinski definition) is 3. The molecule has 0 spiro atoms. The van der Waals surface area contributed by atoms with Gasteiger partial charge in [0.15, 0.2) is 6.10 Å². The van der Waals surface area contributed by atoms with Crippen molar-refractivity contribution in [1.82, 2.24) is 0 Å². The molecule has 0 saturated carbocycles. The molecule has 8 heteroatoms. The molecule has 7 nitrogen and oxygen atoms in total. The Morgan fingerprint density at radius 3 is 2.15 bits per heavy atom. The van der Waals surface area contributed by atoms with Gasteiger partial charge >= 0.3 is 17.9 Å². The van der Waals surface area contributed by atoms with Gasteiger partial charge in [0.25, 0.3) is 0 Å². The molecule has 0 aliphatic heterocycles. The summed E-state index contributed by atoms with van der Waals surface area (Å²) in [5.74, 6) is -6.42. The topological polar surface area (TPSA) is 121 Å². The van der Waals surface area contributed by atoms with Crippen LogP contribution in [0.2, 0.25) is 0 Å². The van der Waals surface area contributed by atoms with Crippen LogP contribution in [0.1, 0.15) is 18.4 Å². The molecule has 142 valence electrons. The summed E-state index contributed by atoms with van der Waals surface area (Å²) in [5.41, 5.74) is 1.18. The quantitative estimate of drug-likeness (QED) is 0.632. The fourth-order valence-corrected chi connectivity index (χ4v) is 2.40. The molecule has 0 aliphatic rings. The van der Waals surface area contributed by atoms with Crippen LogP contribution in [0.4, 0.5) is 4.39 Å². The van der Waals surface area contributed by atoms with E-state index in [1.54, 1.807) is 30.3 Å². The van der Waals surface area contributed by atoms with E-state index in [1.807, 2.05) is 0 Å². The van der Waals surface area contributed by atoms with Gasteiger partial charge in [0, 0.05) is 5.56 Å². The number of hydrogen-bond acceptors (Lipinski definition) is 5. The average molecular weight is 376 g/mol. The Morgan fingerprint density at radius 2 is 1.63 bits per heavy atom. The van der Waals surface area contributed by atoms with E-state index < -0.39 is 41.9 Å². The predicted octanol–water partition coefficient (Wildman–Crippen LogP) is 2.04. The summed E-state index contributed by atoms with van der Waals surface area (Å²) in [5, 5.41) is 27.0. The highest BCUT2D eigenvalue weighted by Gasteiger charge is 2.37. The molecule has 0 saturated heterocycles. The number of aliphatic carboxylic acids is 2. The minimum absolute atomic E-state index is 0.214. The van der Waals surface area contributed by atoms with E-state index in [-0.39, 0.29) is 5.56 Å². The molecule has 27 heavy (non-hydrogen) atoms. The standard InChI is InChI=1S/C19H17FO7/c1-10(19(26)27-16(18(24)25)15(21)17(22)23)12-7-8-13(14(20)9-12)11-5-3-2-4-6-11/h2-10,15-16,21H,1H3,(H,22,23)(H,24,25). The summed E-state index contributed by atoms with van der Waals surface area (Å²) in [7, 11) is 0. The third-order valence-corrected chi connectivity index (χ3v) is 3.96. The Kier molecular flexibility index (Phi) is 6.25. The molecule has 0 radical (unpaired) electrons. The van der Waals surface area contributed by atoms with Gasteiger partial charge in [0.2, 0.25) is 6.10 Å². The molecular formula is C19H17FO7. The summed E-state index contributed by atoms with van der Waals surface area (Å²) in [6.07, 6.45) is -4.69. The molecule has 3 atom stereocenters. The van der Waals surface area contributed by atoms with Crippen molar-refractivity contribution in [1.29, 1.82) is 0 Å². The number of carboxylic acid groups (broad SMARTS) is 2.